The van der Waals surface area contributed by atoms with E-state index in [2.05, 4.69) is 10.3 Å². The largest absolute Gasteiger partial charge is 0.457 e. The van der Waals surface area contributed by atoms with Crippen LogP contribution in [0.3, 0.4) is 0 Å². The molecule has 0 aliphatic rings. The van der Waals surface area contributed by atoms with E-state index in [-0.39, 0.29) is 12.4 Å². The van der Waals surface area contributed by atoms with Crippen molar-refractivity contribution in [3.05, 3.63) is 76.9 Å². The van der Waals surface area contributed by atoms with E-state index in [0.717, 1.165) is 4.57 Å². The van der Waals surface area contributed by atoms with Gasteiger partial charge in [-0.3, -0.25) is 4.79 Å². The standard InChI is InChI=1S/C17H13FN4O4/c18-12-1-5-14(6-2-12)26-15-7-3-13(4-8-15)20-16(23)11-21-10-9-19-17(21)22(24)25/h1-10H,11H2,(H,20,23). The van der Waals surface area contributed by atoms with Gasteiger partial charge in [0.1, 0.15) is 29.7 Å². The van der Waals surface area contributed by atoms with Crippen molar-refractivity contribution in [2.75, 3.05) is 5.32 Å². The van der Waals surface area contributed by atoms with Crippen LogP contribution in [0.4, 0.5) is 16.0 Å². The Balaban J connectivity index is 1.60. The van der Waals surface area contributed by atoms with Crippen molar-refractivity contribution in [1.29, 1.82) is 0 Å². The predicted octanol–water partition coefficient (Wildman–Crippen LogP) is 3.36. The van der Waals surface area contributed by atoms with Gasteiger partial charge in [-0.1, -0.05) is 4.98 Å². The third-order valence-corrected chi connectivity index (χ3v) is 3.36. The van der Waals surface area contributed by atoms with Gasteiger partial charge in [-0.15, -0.1) is 0 Å². The molecular weight excluding hydrogens is 343 g/mol. The number of nitrogens with one attached hydrogen (secondary N) is 1. The highest BCUT2D eigenvalue weighted by molar-refractivity contribution is 5.90. The molecule has 0 saturated heterocycles. The van der Waals surface area contributed by atoms with Gasteiger partial charge in [0.25, 0.3) is 5.91 Å². The van der Waals surface area contributed by atoms with Gasteiger partial charge in [-0.05, 0) is 53.5 Å². The molecule has 3 rings (SSSR count). The van der Waals surface area contributed by atoms with Gasteiger partial charge in [0.2, 0.25) is 0 Å². The molecule has 0 aliphatic carbocycles. The van der Waals surface area contributed by atoms with Gasteiger partial charge in [0.15, 0.2) is 6.54 Å². The lowest BCUT2D eigenvalue weighted by Crippen LogP contribution is -2.19. The van der Waals surface area contributed by atoms with Crippen molar-refractivity contribution in [2.24, 2.45) is 0 Å². The van der Waals surface area contributed by atoms with Gasteiger partial charge >= 0.3 is 5.95 Å². The molecule has 3 aromatic rings. The van der Waals surface area contributed by atoms with Crippen LogP contribution in [0.15, 0.2) is 60.9 Å². The minimum Gasteiger partial charge on any atom is -0.457 e. The maximum atomic E-state index is 12.9. The molecule has 1 aromatic heterocycles. The maximum absolute atomic E-state index is 12.9. The molecule has 26 heavy (non-hydrogen) atoms. The van der Waals surface area contributed by atoms with E-state index in [1.54, 1.807) is 24.3 Å². The number of nitro groups is 1. The molecule has 1 heterocycles. The van der Waals surface area contributed by atoms with Crippen molar-refractivity contribution >= 4 is 17.5 Å². The summed E-state index contributed by atoms with van der Waals surface area (Å²) in [5.74, 6) is -0.189. The number of rotatable bonds is 6. The second-order valence-electron chi connectivity index (χ2n) is 5.24. The molecule has 0 aliphatic heterocycles. The summed E-state index contributed by atoms with van der Waals surface area (Å²) in [5.41, 5.74) is 0.504. The average molecular weight is 356 g/mol. The highest BCUT2D eigenvalue weighted by Crippen LogP contribution is 2.23. The van der Waals surface area contributed by atoms with E-state index in [1.807, 2.05) is 0 Å². The van der Waals surface area contributed by atoms with Crippen molar-refractivity contribution in [3.8, 4) is 11.5 Å². The number of amides is 1. The first-order chi connectivity index (χ1) is 12.5. The number of anilines is 1. The summed E-state index contributed by atoms with van der Waals surface area (Å²) in [5, 5.41) is 13.4. The number of nitrogens with zero attached hydrogens (tertiary/aromatic N) is 3. The number of hydrogen-bond donors (Lipinski definition) is 1. The SMILES string of the molecule is O=C(Cn1ccnc1[N+](=O)[O-])Nc1ccc(Oc2ccc(F)cc2)cc1. The van der Waals surface area contributed by atoms with E-state index in [9.17, 15) is 19.3 Å². The third-order valence-electron chi connectivity index (χ3n) is 3.36. The zero-order valence-corrected chi connectivity index (χ0v) is 13.3. The van der Waals surface area contributed by atoms with E-state index >= 15 is 0 Å². The van der Waals surface area contributed by atoms with Crippen LogP contribution in [-0.4, -0.2) is 20.4 Å². The first-order valence-electron chi connectivity index (χ1n) is 7.50. The van der Waals surface area contributed by atoms with Crippen LogP contribution >= 0.6 is 0 Å². The summed E-state index contributed by atoms with van der Waals surface area (Å²) < 4.78 is 19.6. The number of ether oxygens (including phenoxy) is 1. The fourth-order valence-electron chi connectivity index (χ4n) is 2.20. The first kappa shape index (κ1) is 17.1. The number of carbonyl (C=O) groups excluding carboxylic acids is 1. The van der Waals surface area contributed by atoms with Crippen LogP contribution < -0.4 is 10.1 Å². The van der Waals surface area contributed by atoms with Crippen molar-refractivity contribution < 1.29 is 18.8 Å². The summed E-state index contributed by atoms with van der Waals surface area (Å²) in [7, 11) is 0. The van der Waals surface area contributed by atoms with Crippen LogP contribution in [-0.2, 0) is 11.3 Å². The zero-order valence-electron chi connectivity index (χ0n) is 13.3. The van der Waals surface area contributed by atoms with Crippen molar-refractivity contribution in [2.45, 2.75) is 6.54 Å². The Hall–Kier alpha value is -3.75. The normalized spacial score (nSPS) is 10.3. The molecule has 0 atom stereocenters. The molecule has 0 saturated carbocycles. The van der Waals surface area contributed by atoms with Crippen molar-refractivity contribution in [1.82, 2.24) is 9.55 Å². The average Bonchev–Trinajstić information content (AvgIpc) is 3.07. The van der Waals surface area contributed by atoms with Gasteiger partial charge in [-0.25, -0.2) is 8.96 Å². The molecule has 8 nitrogen and oxygen atoms in total. The number of halogens is 1. The quantitative estimate of drug-likeness (QED) is 0.539. The summed E-state index contributed by atoms with van der Waals surface area (Å²) in [6.45, 7) is -0.232. The lowest BCUT2D eigenvalue weighted by atomic mass is 10.3. The minimum absolute atomic E-state index is 0.232. The Labute approximate surface area is 147 Å². The minimum atomic E-state index is -0.658. The van der Waals surface area contributed by atoms with Crippen molar-refractivity contribution in [3.63, 3.8) is 0 Å². The summed E-state index contributed by atoms with van der Waals surface area (Å²) >= 11 is 0. The molecule has 1 amide bonds. The summed E-state index contributed by atoms with van der Waals surface area (Å²) in [6.07, 6.45) is 2.62. The van der Waals surface area contributed by atoms with E-state index in [0.29, 0.717) is 17.2 Å². The first-order valence-corrected chi connectivity index (χ1v) is 7.50. The monoisotopic (exact) mass is 356 g/mol. The Morgan fingerprint density at radius 3 is 2.38 bits per heavy atom. The summed E-state index contributed by atoms with van der Waals surface area (Å²) in [4.78, 5) is 25.7. The Kier molecular flexibility index (Phi) is 4.88. The molecule has 0 bridgehead atoms. The highest BCUT2D eigenvalue weighted by atomic mass is 19.1. The van der Waals surface area contributed by atoms with E-state index in [4.69, 9.17) is 4.74 Å². The topological polar surface area (TPSA) is 99.3 Å². The molecule has 132 valence electrons. The second kappa shape index (κ2) is 7.43. The molecule has 0 spiro atoms. The van der Waals surface area contributed by atoms with Gasteiger partial charge < -0.3 is 20.2 Å². The molecule has 0 fully saturated rings. The van der Waals surface area contributed by atoms with Crippen LogP contribution in [0.1, 0.15) is 0 Å². The third kappa shape index (κ3) is 4.20. The van der Waals surface area contributed by atoms with Gasteiger partial charge in [0, 0.05) is 5.69 Å². The Morgan fingerprint density at radius 2 is 1.77 bits per heavy atom. The smallest absolute Gasteiger partial charge is 0.435 e. The molecular formula is C17H13FN4O4. The van der Waals surface area contributed by atoms with Crippen LogP contribution in [0.5, 0.6) is 11.5 Å². The number of hydrogen-bond acceptors (Lipinski definition) is 5. The van der Waals surface area contributed by atoms with E-state index in [1.165, 1.54) is 36.7 Å². The predicted molar refractivity (Wildman–Crippen MR) is 90.4 cm³/mol. The molecule has 9 heteroatoms. The molecule has 0 unspecified atom stereocenters. The Morgan fingerprint density at radius 1 is 1.15 bits per heavy atom. The van der Waals surface area contributed by atoms with Crippen LogP contribution in [0, 0.1) is 15.9 Å². The second-order valence-corrected chi connectivity index (χ2v) is 5.24. The lowest BCUT2D eigenvalue weighted by Gasteiger charge is -2.08. The maximum Gasteiger partial charge on any atom is 0.435 e. The lowest BCUT2D eigenvalue weighted by molar-refractivity contribution is -0.396. The summed E-state index contributed by atoms with van der Waals surface area (Å²) in [6, 6.07) is 12.1. The van der Waals surface area contributed by atoms with Gasteiger partial charge in [-0.2, -0.15) is 0 Å². The number of aromatic nitrogens is 2. The fourth-order valence-corrected chi connectivity index (χ4v) is 2.20. The molecule has 2 aromatic carbocycles. The fraction of sp³-hybridized carbons (Fsp3) is 0.0588. The number of imidazole rings is 1. The highest BCUT2D eigenvalue weighted by Gasteiger charge is 2.17. The van der Waals surface area contributed by atoms with Gasteiger partial charge in [0.05, 0.1) is 0 Å². The number of benzene rings is 2. The Bertz CT molecular complexity index is 923. The van der Waals surface area contributed by atoms with E-state index < -0.39 is 16.8 Å². The van der Waals surface area contributed by atoms with Crippen LogP contribution in [0.25, 0.3) is 0 Å². The zero-order chi connectivity index (χ0) is 18.5. The molecule has 0 radical (unpaired) electrons. The van der Waals surface area contributed by atoms with Crippen LogP contribution in [0.2, 0.25) is 0 Å². The molecule has 1 N–H and O–H groups in total. The number of carbonyl (C=O) groups is 1.